The van der Waals surface area contributed by atoms with Crippen LogP contribution < -0.4 is 0 Å². The van der Waals surface area contributed by atoms with E-state index in [4.69, 9.17) is 4.74 Å². The molecule has 4 nitrogen and oxygen atoms in total. The highest BCUT2D eigenvalue weighted by atomic mass is 19.1. The van der Waals surface area contributed by atoms with Crippen molar-refractivity contribution >= 4 is 5.97 Å². The maximum absolute atomic E-state index is 13.2. The first kappa shape index (κ1) is 15.9. The van der Waals surface area contributed by atoms with Gasteiger partial charge in [0.05, 0.1) is 13.2 Å². The summed E-state index contributed by atoms with van der Waals surface area (Å²) in [6, 6.07) is 6.29. The van der Waals surface area contributed by atoms with Crippen molar-refractivity contribution in [2.24, 2.45) is 0 Å². The summed E-state index contributed by atoms with van der Waals surface area (Å²) in [7, 11) is 1.36. The summed E-state index contributed by atoms with van der Waals surface area (Å²) < 4.78 is 18.0. The number of esters is 1. The number of aliphatic hydroxyl groups is 1. The number of β-amino-alcohol motifs (C(OH)–C–C–N with tert-alkyl or cyclic N) is 1. The molecule has 1 aromatic carbocycles. The Hall–Kier alpha value is -1.46. The molecule has 0 spiro atoms. The highest BCUT2D eigenvalue weighted by Crippen LogP contribution is 2.24. The van der Waals surface area contributed by atoms with E-state index in [0.29, 0.717) is 13.0 Å². The molecule has 21 heavy (non-hydrogen) atoms. The zero-order valence-corrected chi connectivity index (χ0v) is 12.5. The molecule has 1 aliphatic rings. The van der Waals surface area contributed by atoms with Crippen molar-refractivity contribution in [1.82, 2.24) is 4.90 Å². The smallest absolute Gasteiger partial charge is 0.323 e. The Morgan fingerprint density at radius 2 is 2.33 bits per heavy atom. The van der Waals surface area contributed by atoms with E-state index in [-0.39, 0.29) is 23.9 Å². The first-order chi connectivity index (χ1) is 10.0. The summed E-state index contributed by atoms with van der Waals surface area (Å²) in [4.78, 5) is 13.8. The second kappa shape index (κ2) is 7.00. The van der Waals surface area contributed by atoms with Gasteiger partial charge in [0, 0.05) is 19.0 Å². The first-order valence-electron chi connectivity index (χ1n) is 7.27. The minimum absolute atomic E-state index is 0.120. The zero-order chi connectivity index (χ0) is 15.4. The topological polar surface area (TPSA) is 49.8 Å². The van der Waals surface area contributed by atoms with E-state index in [1.165, 1.54) is 19.2 Å². The predicted molar refractivity (Wildman–Crippen MR) is 77.3 cm³/mol. The summed E-state index contributed by atoms with van der Waals surface area (Å²) in [6.07, 6.45) is 1.45. The van der Waals surface area contributed by atoms with Crippen LogP contribution in [0.5, 0.6) is 0 Å². The van der Waals surface area contributed by atoms with Crippen LogP contribution >= 0.6 is 0 Å². The van der Waals surface area contributed by atoms with Crippen LogP contribution in [0.3, 0.4) is 0 Å². The zero-order valence-electron chi connectivity index (χ0n) is 12.5. The van der Waals surface area contributed by atoms with Crippen molar-refractivity contribution in [2.45, 2.75) is 44.4 Å². The van der Waals surface area contributed by atoms with Crippen LogP contribution in [0.4, 0.5) is 4.39 Å². The molecule has 0 saturated carbocycles. The maximum atomic E-state index is 13.2. The fraction of sp³-hybridized carbons (Fsp3) is 0.562. The van der Waals surface area contributed by atoms with Crippen molar-refractivity contribution in [3.63, 3.8) is 0 Å². The molecule has 0 unspecified atom stereocenters. The first-order valence-corrected chi connectivity index (χ1v) is 7.27. The van der Waals surface area contributed by atoms with E-state index < -0.39 is 6.10 Å². The largest absolute Gasteiger partial charge is 0.468 e. The highest BCUT2D eigenvalue weighted by molar-refractivity contribution is 5.76. The van der Waals surface area contributed by atoms with Gasteiger partial charge in [-0.2, -0.15) is 0 Å². The maximum Gasteiger partial charge on any atom is 0.323 e. The summed E-state index contributed by atoms with van der Waals surface area (Å²) in [5, 5.41) is 9.79. The average molecular weight is 295 g/mol. The third kappa shape index (κ3) is 4.02. The van der Waals surface area contributed by atoms with Gasteiger partial charge in [-0.25, -0.2) is 4.39 Å². The molecule has 0 aromatic heterocycles. The Labute approximate surface area is 124 Å². The molecule has 0 amide bonds. The molecule has 1 aromatic rings. The van der Waals surface area contributed by atoms with Gasteiger partial charge in [-0.05, 0) is 37.5 Å². The number of aryl methyl sites for hydroxylation is 1. The van der Waals surface area contributed by atoms with Gasteiger partial charge in [-0.15, -0.1) is 0 Å². The Kier molecular flexibility index (Phi) is 5.31. The molecule has 1 heterocycles. The third-order valence-electron chi connectivity index (χ3n) is 4.10. The molecule has 1 saturated heterocycles. The SMILES string of the molecule is COC(=O)[C@@H]1C[C@H](O)CN1[C@@H](C)CCc1cccc(F)c1. The van der Waals surface area contributed by atoms with Crippen LogP contribution in [0.2, 0.25) is 0 Å². The molecule has 0 bridgehead atoms. The fourth-order valence-electron chi connectivity index (χ4n) is 2.93. The van der Waals surface area contributed by atoms with Gasteiger partial charge in [0.1, 0.15) is 11.9 Å². The highest BCUT2D eigenvalue weighted by Gasteiger charge is 2.38. The van der Waals surface area contributed by atoms with Crippen LogP contribution in [0.1, 0.15) is 25.3 Å². The molecule has 2 rings (SSSR count). The van der Waals surface area contributed by atoms with Gasteiger partial charge in [0.25, 0.3) is 0 Å². The molecule has 1 N–H and O–H groups in total. The summed E-state index contributed by atoms with van der Waals surface area (Å²) in [5.74, 6) is -0.534. The monoisotopic (exact) mass is 295 g/mol. The predicted octanol–water partition coefficient (Wildman–Crippen LogP) is 1.75. The lowest BCUT2D eigenvalue weighted by atomic mass is 10.0. The number of hydrogen-bond acceptors (Lipinski definition) is 4. The van der Waals surface area contributed by atoms with Crippen molar-refractivity contribution < 1.29 is 19.0 Å². The van der Waals surface area contributed by atoms with Gasteiger partial charge in [0.2, 0.25) is 0 Å². The van der Waals surface area contributed by atoms with E-state index in [9.17, 15) is 14.3 Å². The molecule has 0 radical (unpaired) electrons. The summed E-state index contributed by atoms with van der Waals surface area (Å²) in [6.45, 7) is 2.50. The Balaban J connectivity index is 1.95. The van der Waals surface area contributed by atoms with Crippen molar-refractivity contribution in [1.29, 1.82) is 0 Å². The van der Waals surface area contributed by atoms with Crippen LogP contribution in [-0.4, -0.2) is 47.8 Å². The van der Waals surface area contributed by atoms with Crippen molar-refractivity contribution in [2.75, 3.05) is 13.7 Å². The number of benzene rings is 1. The fourth-order valence-corrected chi connectivity index (χ4v) is 2.93. The minimum Gasteiger partial charge on any atom is -0.468 e. The van der Waals surface area contributed by atoms with Crippen LogP contribution in [-0.2, 0) is 16.0 Å². The Morgan fingerprint density at radius 1 is 1.57 bits per heavy atom. The lowest BCUT2D eigenvalue weighted by Gasteiger charge is -2.28. The van der Waals surface area contributed by atoms with E-state index in [2.05, 4.69) is 0 Å². The Morgan fingerprint density at radius 3 is 3.00 bits per heavy atom. The van der Waals surface area contributed by atoms with Crippen LogP contribution in [0.15, 0.2) is 24.3 Å². The number of halogens is 1. The quantitative estimate of drug-likeness (QED) is 0.841. The van der Waals surface area contributed by atoms with Crippen LogP contribution in [0, 0.1) is 5.82 Å². The van der Waals surface area contributed by atoms with Gasteiger partial charge in [0.15, 0.2) is 0 Å². The van der Waals surface area contributed by atoms with E-state index in [1.807, 2.05) is 17.9 Å². The van der Waals surface area contributed by atoms with E-state index in [0.717, 1.165) is 18.4 Å². The number of aliphatic hydroxyl groups excluding tert-OH is 1. The molecule has 0 aliphatic carbocycles. The lowest BCUT2D eigenvalue weighted by molar-refractivity contribution is -0.146. The molecule has 1 aliphatic heterocycles. The van der Waals surface area contributed by atoms with Gasteiger partial charge in [-0.3, -0.25) is 9.69 Å². The number of carbonyl (C=O) groups excluding carboxylic acids is 1. The number of nitrogens with zero attached hydrogens (tertiary/aromatic N) is 1. The number of likely N-dealkylation sites (tertiary alicyclic amines) is 1. The number of rotatable bonds is 5. The summed E-state index contributed by atoms with van der Waals surface area (Å²) in [5.41, 5.74) is 0.941. The number of carbonyl (C=O) groups is 1. The van der Waals surface area contributed by atoms with Gasteiger partial charge >= 0.3 is 5.97 Å². The molecular formula is C16H22FNO3. The lowest BCUT2D eigenvalue weighted by Crippen LogP contribution is -2.42. The molecular weight excluding hydrogens is 273 g/mol. The van der Waals surface area contributed by atoms with E-state index >= 15 is 0 Å². The van der Waals surface area contributed by atoms with E-state index in [1.54, 1.807) is 6.07 Å². The van der Waals surface area contributed by atoms with Crippen molar-refractivity contribution in [3.8, 4) is 0 Å². The minimum atomic E-state index is -0.495. The van der Waals surface area contributed by atoms with Crippen LogP contribution in [0.25, 0.3) is 0 Å². The van der Waals surface area contributed by atoms with Crippen molar-refractivity contribution in [3.05, 3.63) is 35.6 Å². The van der Waals surface area contributed by atoms with Gasteiger partial charge < -0.3 is 9.84 Å². The molecule has 1 fully saturated rings. The average Bonchev–Trinajstić information content (AvgIpc) is 2.86. The second-order valence-corrected chi connectivity index (χ2v) is 5.64. The molecule has 116 valence electrons. The van der Waals surface area contributed by atoms with Gasteiger partial charge in [-0.1, -0.05) is 12.1 Å². The molecule has 5 heteroatoms. The standard InChI is InChI=1S/C16H22FNO3/c1-11(6-7-12-4-3-5-13(17)8-12)18-10-14(19)9-15(18)16(20)21-2/h3-5,8,11,14-15,19H,6-7,9-10H2,1-2H3/t11-,14-,15-/m0/s1. The second-order valence-electron chi connectivity index (χ2n) is 5.64. The normalized spacial score (nSPS) is 24.0. The third-order valence-corrected chi connectivity index (χ3v) is 4.10. The number of methoxy groups -OCH3 is 1. The number of ether oxygens (including phenoxy) is 1. The molecule has 3 atom stereocenters. The Bertz CT molecular complexity index is 494. The summed E-state index contributed by atoms with van der Waals surface area (Å²) >= 11 is 0. The number of hydrogen-bond donors (Lipinski definition) is 1.